The van der Waals surface area contributed by atoms with Crippen molar-refractivity contribution in [2.45, 2.75) is 39.5 Å². The minimum absolute atomic E-state index is 0.423. The molecular formula is C12H20N4. The Hall–Kier alpha value is -1.32. The van der Waals surface area contributed by atoms with Gasteiger partial charge >= 0.3 is 0 Å². The Labute approximate surface area is 96.7 Å². The summed E-state index contributed by atoms with van der Waals surface area (Å²) < 4.78 is 0. The summed E-state index contributed by atoms with van der Waals surface area (Å²) in [6, 6.07) is 0. The predicted octanol–water partition coefficient (Wildman–Crippen LogP) is 2.36. The Balaban J connectivity index is 2.02. The van der Waals surface area contributed by atoms with Crippen LogP contribution in [0, 0.1) is 12.3 Å². The highest BCUT2D eigenvalue weighted by Crippen LogP contribution is 2.37. The molecule has 1 fully saturated rings. The van der Waals surface area contributed by atoms with E-state index >= 15 is 0 Å². The molecule has 0 saturated heterocycles. The molecule has 0 amide bonds. The summed E-state index contributed by atoms with van der Waals surface area (Å²) in [6.45, 7) is 5.27. The van der Waals surface area contributed by atoms with Crippen molar-refractivity contribution in [3.63, 3.8) is 0 Å². The van der Waals surface area contributed by atoms with E-state index in [4.69, 9.17) is 5.73 Å². The van der Waals surface area contributed by atoms with Crippen molar-refractivity contribution in [2.24, 2.45) is 5.41 Å². The normalized spacial score (nSPS) is 18.6. The van der Waals surface area contributed by atoms with Gasteiger partial charge in [0.2, 0.25) is 0 Å². The predicted molar refractivity (Wildman–Crippen MR) is 66.2 cm³/mol. The number of hydrogen-bond acceptors (Lipinski definition) is 4. The van der Waals surface area contributed by atoms with Gasteiger partial charge in [-0.3, -0.25) is 0 Å². The Bertz CT molecular complexity index is 369. The van der Waals surface area contributed by atoms with E-state index < -0.39 is 0 Å². The Kier molecular flexibility index (Phi) is 2.99. The lowest BCUT2D eigenvalue weighted by molar-refractivity contribution is 0.361. The smallest absolute Gasteiger partial charge is 0.134 e. The maximum atomic E-state index is 5.75. The van der Waals surface area contributed by atoms with Crippen LogP contribution in [0.15, 0.2) is 6.33 Å². The van der Waals surface area contributed by atoms with Crippen LogP contribution in [0.4, 0.5) is 11.6 Å². The number of nitrogens with zero attached hydrogens (tertiary/aromatic N) is 2. The molecule has 16 heavy (non-hydrogen) atoms. The van der Waals surface area contributed by atoms with Crippen LogP contribution in [0.5, 0.6) is 0 Å². The molecule has 0 bridgehead atoms. The first-order chi connectivity index (χ1) is 7.61. The van der Waals surface area contributed by atoms with Crippen LogP contribution in [-0.2, 0) is 0 Å². The number of rotatable bonds is 3. The van der Waals surface area contributed by atoms with Crippen LogP contribution in [-0.4, -0.2) is 16.5 Å². The summed E-state index contributed by atoms with van der Waals surface area (Å²) in [5.41, 5.74) is 7.12. The molecule has 1 aromatic heterocycles. The second-order valence-electron chi connectivity index (χ2n) is 5.10. The van der Waals surface area contributed by atoms with Gasteiger partial charge in [0.05, 0.1) is 0 Å². The number of hydrogen-bond donors (Lipinski definition) is 2. The van der Waals surface area contributed by atoms with E-state index in [-0.39, 0.29) is 0 Å². The summed E-state index contributed by atoms with van der Waals surface area (Å²) in [4.78, 5) is 8.19. The first-order valence-electron chi connectivity index (χ1n) is 5.92. The molecule has 0 spiro atoms. The third kappa shape index (κ3) is 2.26. The van der Waals surface area contributed by atoms with E-state index in [2.05, 4.69) is 22.2 Å². The second-order valence-corrected chi connectivity index (χ2v) is 5.10. The summed E-state index contributed by atoms with van der Waals surface area (Å²) in [5.74, 6) is 1.44. The number of nitrogens with one attached hydrogen (secondary N) is 1. The minimum atomic E-state index is 0.423. The second kappa shape index (κ2) is 4.28. The minimum Gasteiger partial charge on any atom is -0.383 e. The van der Waals surface area contributed by atoms with E-state index in [1.807, 2.05) is 6.92 Å². The molecule has 1 heterocycles. The van der Waals surface area contributed by atoms with E-state index in [0.717, 1.165) is 17.9 Å². The largest absolute Gasteiger partial charge is 0.383 e. The number of nitrogens with two attached hydrogens (primary N) is 1. The van der Waals surface area contributed by atoms with E-state index in [0.29, 0.717) is 11.2 Å². The average Bonchev–Trinajstić information content (AvgIpc) is 2.68. The lowest BCUT2D eigenvalue weighted by Gasteiger charge is -2.24. The summed E-state index contributed by atoms with van der Waals surface area (Å²) >= 11 is 0. The molecule has 0 aliphatic heterocycles. The molecule has 1 aliphatic carbocycles. The van der Waals surface area contributed by atoms with Gasteiger partial charge in [-0.1, -0.05) is 19.8 Å². The van der Waals surface area contributed by atoms with Gasteiger partial charge in [0, 0.05) is 12.1 Å². The molecule has 0 radical (unpaired) electrons. The molecular weight excluding hydrogens is 200 g/mol. The fourth-order valence-electron chi connectivity index (χ4n) is 2.34. The van der Waals surface area contributed by atoms with Crippen molar-refractivity contribution in [1.82, 2.24) is 9.97 Å². The molecule has 3 N–H and O–H groups in total. The lowest BCUT2D eigenvalue weighted by Crippen LogP contribution is -2.24. The topological polar surface area (TPSA) is 63.8 Å². The summed E-state index contributed by atoms with van der Waals surface area (Å²) in [5, 5.41) is 3.41. The van der Waals surface area contributed by atoms with Crippen molar-refractivity contribution in [3.8, 4) is 0 Å². The number of anilines is 2. The Morgan fingerprint density at radius 1 is 1.38 bits per heavy atom. The van der Waals surface area contributed by atoms with Crippen molar-refractivity contribution in [3.05, 3.63) is 11.9 Å². The van der Waals surface area contributed by atoms with E-state index in [1.165, 1.54) is 32.0 Å². The van der Waals surface area contributed by atoms with Crippen molar-refractivity contribution in [1.29, 1.82) is 0 Å². The van der Waals surface area contributed by atoms with Crippen LogP contribution < -0.4 is 11.1 Å². The summed E-state index contributed by atoms with van der Waals surface area (Å²) in [6.07, 6.45) is 6.83. The van der Waals surface area contributed by atoms with Crippen molar-refractivity contribution in [2.75, 3.05) is 17.6 Å². The molecule has 1 aromatic rings. The van der Waals surface area contributed by atoms with Crippen LogP contribution in [0.2, 0.25) is 0 Å². The lowest BCUT2D eigenvalue weighted by atomic mass is 9.89. The quantitative estimate of drug-likeness (QED) is 0.820. The molecule has 0 atom stereocenters. The molecule has 1 aliphatic rings. The zero-order valence-corrected chi connectivity index (χ0v) is 10.1. The van der Waals surface area contributed by atoms with Gasteiger partial charge in [0.15, 0.2) is 0 Å². The standard InChI is InChI=1S/C12H20N4/c1-9-10(13)15-8-16-11(9)14-7-12(2)5-3-4-6-12/h8H,3-7H2,1-2H3,(H3,13,14,15,16). The zero-order valence-electron chi connectivity index (χ0n) is 10.1. The fourth-order valence-corrected chi connectivity index (χ4v) is 2.34. The molecule has 0 unspecified atom stereocenters. The Morgan fingerprint density at radius 2 is 2.06 bits per heavy atom. The highest BCUT2D eigenvalue weighted by Gasteiger charge is 2.28. The highest BCUT2D eigenvalue weighted by molar-refractivity contribution is 5.53. The molecule has 0 aromatic carbocycles. The maximum absolute atomic E-state index is 5.75. The van der Waals surface area contributed by atoms with Gasteiger partial charge in [-0.05, 0) is 25.2 Å². The van der Waals surface area contributed by atoms with E-state index in [9.17, 15) is 0 Å². The van der Waals surface area contributed by atoms with Gasteiger partial charge in [0.1, 0.15) is 18.0 Å². The maximum Gasteiger partial charge on any atom is 0.134 e. The molecule has 4 nitrogen and oxygen atoms in total. The molecule has 2 rings (SSSR count). The SMILES string of the molecule is Cc1c(N)ncnc1NCC1(C)CCCC1. The zero-order chi connectivity index (χ0) is 11.6. The average molecular weight is 220 g/mol. The number of aromatic nitrogens is 2. The third-order valence-electron chi connectivity index (χ3n) is 3.62. The van der Waals surface area contributed by atoms with Gasteiger partial charge < -0.3 is 11.1 Å². The van der Waals surface area contributed by atoms with Crippen LogP contribution >= 0.6 is 0 Å². The highest BCUT2D eigenvalue weighted by atomic mass is 15.0. The fraction of sp³-hybridized carbons (Fsp3) is 0.667. The van der Waals surface area contributed by atoms with Gasteiger partial charge in [-0.25, -0.2) is 9.97 Å². The van der Waals surface area contributed by atoms with Crippen LogP contribution in [0.3, 0.4) is 0 Å². The first kappa shape index (κ1) is 11.2. The molecule has 4 heteroatoms. The molecule has 1 saturated carbocycles. The van der Waals surface area contributed by atoms with E-state index in [1.54, 1.807) is 0 Å². The van der Waals surface area contributed by atoms with Crippen molar-refractivity contribution >= 4 is 11.6 Å². The van der Waals surface area contributed by atoms with Gasteiger partial charge in [-0.15, -0.1) is 0 Å². The monoisotopic (exact) mass is 220 g/mol. The molecule has 88 valence electrons. The van der Waals surface area contributed by atoms with Crippen LogP contribution in [0.1, 0.15) is 38.2 Å². The van der Waals surface area contributed by atoms with Crippen LogP contribution in [0.25, 0.3) is 0 Å². The summed E-state index contributed by atoms with van der Waals surface area (Å²) in [7, 11) is 0. The first-order valence-corrected chi connectivity index (χ1v) is 5.92. The third-order valence-corrected chi connectivity index (χ3v) is 3.62. The van der Waals surface area contributed by atoms with Gasteiger partial charge in [0.25, 0.3) is 0 Å². The van der Waals surface area contributed by atoms with Gasteiger partial charge in [-0.2, -0.15) is 0 Å². The van der Waals surface area contributed by atoms with Crippen molar-refractivity contribution < 1.29 is 0 Å². The Morgan fingerprint density at radius 3 is 2.75 bits per heavy atom. The number of nitrogen functional groups attached to an aromatic ring is 1.